The average molecular weight is 362 g/mol. The van der Waals surface area contributed by atoms with Crippen LogP contribution >= 0.6 is 23.2 Å². The third-order valence-corrected chi connectivity index (χ3v) is 4.16. The topological polar surface area (TPSA) is 34.4 Å². The molecule has 1 N–H and O–H groups in total. The molecule has 3 aromatic rings. The molecule has 124 valence electrons. The lowest BCUT2D eigenvalue weighted by atomic mass is 10.2. The van der Waals surface area contributed by atoms with Gasteiger partial charge in [-0.05, 0) is 36.4 Å². The summed E-state index contributed by atoms with van der Waals surface area (Å²) in [6.45, 7) is 1.68. The van der Waals surface area contributed by atoms with E-state index in [1.54, 1.807) is 6.26 Å². The van der Waals surface area contributed by atoms with Crippen molar-refractivity contribution in [1.29, 1.82) is 0 Å². The van der Waals surface area contributed by atoms with Gasteiger partial charge in [0.1, 0.15) is 18.1 Å². The Morgan fingerprint density at radius 1 is 0.917 bits per heavy atom. The van der Waals surface area contributed by atoms with E-state index in [1.807, 2.05) is 54.6 Å². The van der Waals surface area contributed by atoms with Gasteiger partial charge in [-0.3, -0.25) is 0 Å². The zero-order valence-electron chi connectivity index (χ0n) is 13.0. The molecular weight excluding hydrogens is 345 g/mol. The van der Waals surface area contributed by atoms with E-state index in [1.165, 1.54) is 0 Å². The first-order valence-corrected chi connectivity index (χ1v) is 8.36. The normalized spacial score (nSPS) is 10.8. The van der Waals surface area contributed by atoms with Gasteiger partial charge in [-0.1, -0.05) is 41.4 Å². The first kappa shape index (κ1) is 16.9. The molecular formula is C19H17Cl2NO2. The van der Waals surface area contributed by atoms with Gasteiger partial charge in [0, 0.05) is 27.7 Å². The SMILES string of the molecule is Clc1ccc(OCc2ccccc2Cl)c(CNCc2ccco2)c1. The summed E-state index contributed by atoms with van der Waals surface area (Å²) >= 11 is 12.3. The average Bonchev–Trinajstić information content (AvgIpc) is 3.09. The molecule has 0 spiro atoms. The van der Waals surface area contributed by atoms with Crippen LogP contribution in [-0.2, 0) is 19.7 Å². The minimum Gasteiger partial charge on any atom is -0.489 e. The maximum atomic E-state index is 6.17. The molecule has 3 nitrogen and oxygen atoms in total. The van der Waals surface area contributed by atoms with Crippen molar-refractivity contribution in [2.24, 2.45) is 0 Å². The summed E-state index contributed by atoms with van der Waals surface area (Å²) in [6, 6.07) is 17.0. The van der Waals surface area contributed by atoms with Gasteiger partial charge in [-0.25, -0.2) is 0 Å². The lowest BCUT2D eigenvalue weighted by Gasteiger charge is -2.13. The molecule has 0 radical (unpaired) electrons. The Kier molecular flexibility index (Phi) is 5.81. The van der Waals surface area contributed by atoms with E-state index < -0.39 is 0 Å². The second kappa shape index (κ2) is 8.25. The van der Waals surface area contributed by atoms with Crippen molar-refractivity contribution in [1.82, 2.24) is 5.32 Å². The Bertz CT molecular complexity index is 788. The Hall–Kier alpha value is -1.94. The van der Waals surface area contributed by atoms with Crippen molar-refractivity contribution >= 4 is 23.2 Å². The highest BCUT2D eigenvalue weighted by molar-refractivity contribution is 6.31. The van der Waals surface area contributed by atoms with Crippen LogP contribution in [0.25, 0.3) is 0 Å². The van der Waals surface area contributed by atoms with Crippen molar-refractivity contribution < 1.29 is 9.15 Å². The molecule has 0 amide bonds. The second-order valence-corrected chi connectivity index (χ2v) is 6.16. The van der Waals surface area contributed by atoms with Gasteiger partial charge in [0.15, 0.2) is 0 Å². The fraction of sp³-hybridized carbons (Fsp3) is 0.158. The van der Waals surface area contributed by atoms with E-state index in [-0.39, 0.29) is 0 Å². The standard InChI is InChI=1S/C19H17Cl2NO2/c20-16-7-8-19(24-13-14-4-1-2-6-18(14)21)15(10-16)11-22-12-17-5-3-9-23-17/h1-10,22H,11-13H2. The van der Waals surface area contributed by atoms with Crippen LogP contribution in [0.5, 0.6) is 5.75 Å². The minimum atomic E-state index is 0.409. The zero-order chi connectivity index (χ0) is 16.8. The molecule has 0 bridgehead atoms. The van der Waals surface area contributed by atoms with Crippen LogP contribution in [-0.4, -0.2) is 0 Å². The Morgan fingerprint density at radius 2 is 1.79 bits per heavy atom. The fourth-order valence-electron chi connectivity index (χ4n) is 2.33. The quantitative estimate of drug-likeness (QED) is 0.606. The molecule has 0 aliphatic rings. The number of ether oxygens (including phenoxy) is 1. The molecule has 0 aliphatic carbocycles. The second-order valence-electron chi connectivity index (χ2n) is 5.32. The van der Waals surface area contributed by atoms with Crippen LogP contribution in [0.4, 0.5) is 0 Å². The highest BCUT2D eigenvalue weighted by Gasteiger charge is 2.07. The van der Waals surface area contributed by atoms with Gasteiger partial charge in [-0.2, -0.15) is 0 Å². The van der Waals surface area contributed by atoms with Crippen LogP contribution in [0.2, 0.25) is 10.0 Å². The maximum absolute atomic E-state index is 6.17. The van der Waals surface area contributed by atoms with E-state index >= 15 is 0 Å². The molecule has 24 heavy (non-hydrogen) atoms. The smallest absolute Gasteiger partial charge is 0.124 e. The summed E-state index contributed by atoms with van der Waals surface area (Å²) in [4.78, 5) is 0. The van der Waals surface area contributed by atoms with Crippen LogP contribution in [0.3, 0.4) is 0 Å². The summed E-state index contributed by atoms with van der Waals surface area (Å²) in [6.07, 6.45) is 1.66. The Balaban J connectivity index is 1.65. The number of furan rings is 1. The lowest BCUT2D eigenvalue weighted by Crippen LogP contribution is -2.13. The van der Waals surface area contributed by atoms with Crippen LogP contribution in [0, 0.1) is 0 Å². The summed E-state index contributed by atoms with van der Waals surface area (Å²) in [7, 11) is 0. The number of halogens is 2. The molecule has 3 rings (SSSR count). The predicted molar refractivity (Wildman–Crippen MR) is 96.5 cm³/mol. The first-order chi connectivity index (χ1) is 11.7. The number of nitrogens with one attached hydrogen (secondary N) is 1. The number of hydrogen-bond donors (Lipinski definition) is 1. The third kappa shape index (κ3) is 4.54. The van der Waals surface area contributed by atoms with Crippen molar-refractivity contribution in [2.45, 2.75) is 19.7 Å². The predicted octanol–water partition coefficient (Wildman–Crippen LogP) is 5.46. The summed E-state index contributed by atoms with van der Waals surface area (Å²) in [5, 5.41) is 4.70. The molecule has 0 unspecified atom stereocenters. The Morgan fingerprint density at radius 3 is 2.58 bits per heavy atom. The summed E-state index contributed by atoms with van der Waals surface area (Å²) in [5.74, 6) is 1.67. The number of benzene rings is 2. The monoisotopic (exact) mass is 361 g/mol. The zero-order valence-corrected chi connectivity index (χ0v) is 14.5. The van der Waals surface area contributed by atoms with E-state index in [0.717, 1.165) is 22.6 Å². The minimum absolute atomic E-state index is 0.409. The number of rotatable bonds is 7. The molecule has 0 fully saturated rings. The largest absolute Gasteiger partial charge is 0.489 e. The molecule has 0 aliphatic heterocycles. The summed E-state index contributed by atoms with van der Waals surface area (Å²) in [5.41, 5.74) is 1.93. The van der Waals surface area contributed by atoms with Crippen molar-refractivity contribution in [3.63, 3.8) is 0 Å². The van der Waals surface area contributed by atoms with Crippen molar-refractivity contribution in [3.05, 3.63) is 87.8 Å². The van der Waals surface area contributed by atoms with Gasteiger partial charge in [-0.15, -0.1) is 0 Å². The molecule has 1 aromatic heterocycles. The molecule has 2 aromatic carbocycles. The van der Waals surface area contributed by atoms with E-state index in [0.29, 0.717) is 29.7 Å². The van der Waals surface area contributed by atoms with Gasteiger partial charge < -0.3 is 14.5 Å². The van der Waals surface area contributed by atoms with Gasteiger partial charge in [0.25, 0.3) is 0 Å². The summed E-state index contributed by atoms with van der Waals surface area (Å²) < 4.78 is 11.2. The first-order valence-electron chi connectivity index (χ1n) is 7.60. The molecule has 1 heterocycles. The van der Waals surface area contributed by atoms with Gasteiger partial charge >= 0.3 is 0 Å². The van der Waals surface area contributed by atoms with E-state index in [9.17, 15) is 0 Å². The molecule has 5 heteroatoms. The lowest BCUT2D eigenvalue weighted by molar-refractivity contribution is 0.302. The molecule has 0 saturated carbocycles. The third-order valence-electron chi connectivity index (χ3n) is 3.56. The van der Waals surface area contributed by atoms with Crippen molar-refractivity contribution in [2.75, 3.05) is 0 Å². The van der Waals surface area contributed by atoms with Gasteiger partial charge in [0.2, 0.25) is 0 Å². The highest BCUT2D eigenvalue weighted by Crippen LogP contribution is 2.25. The Labute approximate surface area is 151 Å². The van der Waals surface area contributed by atoms with Crippen LogP contribution in [0.1, 0.15) is 16.9 Å². The molecule has 0 saturated heterocycles. The van der Waals surface area contributed by atoms with Crippen LogP contribution < -0.4 is 10.1 Å². The van der Waals surface area contributed by atoms with E-state index in [2.05, 4.69) is 5.32 Å². The highest BCUT2D eigenvalue weighted by atomic mass is 35.5. The maximum Gasteiger partial charge on any atom is 0.124 e. The van der Waals surface area contributed by atoms with Crippen LogP contribution in [0.15, 0.2) is 65.3 Å². The fourth-order valence-corrected chi connectivity index (χ4v) is 2.72. The van der Waals surface area contributed by atoms with Crippen molar-refractivity contribution in [3.8, 4) is 5.75 Å². The molecule has 0 atom stereocenters. The van der Waals surface area contributed by atoms with Gasteiger partial charge in [0.05, 0.1) is 12.8 Å². The number of hydrogen-bond acceptors (Lipinski definition) is 3. The van der Waals surface area contributed by atoms with E-state index in [4.69, 9.17) is 32.4 Å².